The van der Waals surface area contributed by atoms with E-state index in [0.717, 1.165) is 11.1 Å². The third kappa shape index (κ3) is 4.39. The van der Waals surface area contributed by atoms with Crippen LogP contribution in [0.15, 0.2) is 72.3 Å². The molecule has 3 aromatic rings. The van der Waals surface area contributed by atoms with Crippen LogP contribution >= 0.6 is 0 Å². The molecular formula is C29H29NO5. The number of ether oxygens (including phenoxy) is 2. The summed E-state index contributed by atoms with van der Waals surface area (Å²) in [7, 11) is 3.15. The van der Waals surface area contributed by atoms with Crippen molar-refractivity contribution in [1.82, 2.24) is 0 Å². The van der Waals surface area contributed by atoms with Gasteiger partial charge in [-0.1, -0.05) is 43.7 Å². The second-order valence-electron chi connectivity index (χ2n) is 8.89. The van der Waals surface area contributed by atoms with Gasteiger partial charge in [0.05, 0.1) is 25.8 Å². The lowest BCUT2D eigenvalue weighted by Gasteiger charge is -2.26. The van der Waals surface area contributed by atoms with Crippen molar-refractivity contribution in [3.05, 3.63) is 94.6 Å². The first-order valence-corrected chi connectivity index (χ1v) is 11.5. The normalized spacial score (nSPS) is 17.2. The number of Topliss-reactive ketones (excluding diaryl/α,β-unsaturated/α-hetero) is 1. The van der Waals surface area contributed by atoms with Gasteiger partial charge < -0.3 is 14.6 Å². The fourth-order valence-corrected chi connectivity index (χ4v) is 4.42. The van der Waals surface area contributed by atoms with Crippen molar-refractivity contribution in [3.63, 3.8) is 0 Å². The maximum Gasteiger partial charge on any atom is 0.300 e. The van der Waals surface area contributed by atoms with Gasteiger partial charge in [-0.3, -0.25) is 14.5 Å². The van der Waals surface area contributed by atoms with E-state index in [0.29, 0.717) is 28.3 Å². The summed E-state index contributed by atoms with van der Waals surface area (Å²) < 4.78 is 10.9. The van der Waals surface area contributed by atoms with E-state index < -0.39 is 17.7 Å². The molecule has 1 aliphatic heterocycles. The summed E-state index contributed by atoms with van der Waals surface area (Å²) in [5.74, 6) is -0.250. The number of carbonyl (C=O) groups is 2. The van der Waals surface area contributed by atoms with E-state index in [1.54, 1.807) is 62.8 Å². The predicted molar refractivity (Wildman–Crippen MR) is 136 cm³/mol. The van der Waals surface area contributed by atoms with Gasteiger partial charge in [-0.05, 0) is 66.4 Å². The fourth-order valence-electron chi connectivity index (χ4n) is 4.42. The van der Waals surface area contributed by atoms with Gasteiger partial charge in [0.2, 0.25) is 0 Å². The molecule has 1 aliphatic rings. The van der Waals surface area contributed by atoms with Gasteiger partial charge in [-0.2, -0.15) is 0 Å². The lowest BCUT2D eigenvalue weighted by atomic mass is 9.93. The zero-order chi connectivity index (χ0) is 25.3. The lowest BCUT2D eigenvalue weighted by molar-refractivity contribution is -0.132. The second-order valence-corrected chi connectivity index (χ2v) is 8.89. The van der Waals surface area contributed by atoms with Crippen molar-refractivity contribution >= 4 is 23.1 Å². The van der Waals surface area contributed by atoms with E-state index in [4.69, 9.17) is 9.47 Å². The van der Waals surface area contributed by atoms with Crippen molar-refractivity contribution in [1.29, 1.82) is 0 Å². The molecule has 3 aromatic carbocycles. The van der Waals surface area contributed by atoms with Crippen molar-refractivity contribution in [3.8, 4) is 11.5 Å². The number of ketones is 1. The average Bonchev–Trinajstić information content (AvgIpc) is 3.14. The number of aryl methyl sites for hydroxylation is 1. The Morgan fingerprint density at radius 3 is 2.29 bits per heavy atom. The van der Waals surface area contributed by atoms with Crippen molar-refractivity contribution in [2.45, 2.75) is 32.7 Å². The van der Waals surface area contributed by atoms with Crippen LogP contribution in [0, 0.1) is 6.92 Å². The molecule has 1 fully saturated rings. The summed E-state index contributed by atoms with van der Waals surface area (Å²) in [6.45, 7) is 6.00. The number of hydrogen-bond donors (Lipinski definition) is 1. The predicted octanol–water partition coefficient (Wildman–Crippen LogP) is 5.76. The van der Waals surface area contributed by atoms with Crippen LogP contribution in [0.2, 0.25) is 0 Å². The Balaban J connectivity index is 1.95. The van der Waals surface area contributed by atoms with Crippen LogP contribution in [-0.4, -0.2) is 31.0 Å². The molecule has 6 heteroatoms. The van der Waals surface area contributed by atoms with Crippen LogP contribution in [0.25, 0.3) is 5.76 Å². The Morgan fingerprint density at radius 1 is 0.943 bits per heavy atom. The molecule has 1 saturated heterocycles. The molecule has 0 bridgehead atoms. The molecule has 180 valence electrons. The summed E-state index contributed by atoms with van der Waals surface area (Å²) in [6, 6.07) is 19.0. The van der Waals surface area contributed by atoms with Crippen LogP contribution in [-0.2, 0) is 9.59 Å². The highest BCUT2D eigenvalue weighted by atomic mass is 16.5. The summed E-state index contributed by atoms with van der Waals surface area (Å²) in [5, 5.41) is 11.5. The Labute approximate surface area is 205 Å². The number of nitrogens with zero attached hydrogens (tertiary/aromatic N) is 1. The number of methoxy groups -OCH3 is 2. The smallest absolute Gasteiger partial charge is 0.300 e. The van der Waals surface area contributed by atoms with E-state index in [2.05, 4.69) is 0 Å². The van der Waals surface area contributed by atoms with E-state index in [9.17, 15) is 14.7 Å². The van der Waals surface area contributed by atoms with Crippen LogP contribution in [0.3, 0.4) is 0 Å². The lowest BCUT2D eigenvalue weighted by Crippen LogP contribution is -2.29. The van der Waals surface area contributed by atoms with Gasteiger partial charge >= 0.3 is 0 Å². The van der Waals surface area contributed by atoms with Crippen molar-refractivity contribution in [2.75, 3.05) is 19.1 Å². The highest BCUT2D eigenvalue weighted by Gasteiger charge is 2.47. The molecule has 35 heavy (non-hydrogen) atoms. The van der Waals surface area contributed by atoms with Crippen LogP contribution in [0.4, 0.5) is 5.69 Å². The van der Waals surface area contributed by atoms with E-state index >= 15 is 0 Å². The maximum atomic E-state index is 13.4. The largest absolute Gasteiger partial charge is 0.507 e. The molecule has 4 rings (SSSR count). The molecule has 0 aromatic heterocycles. The number of anilines is 1. The van der Waals surface area contributed by atoms with Gasteiger partial charge in [0.15, 0.2) is 0 Å². The first kappa shape index (κ1) is 24.1. The molecule has 1 atom stereocenters. The Hall–Kier alpha value is -4.06. The second kappa shape index (κ2) is 9.66. The average molecular weight is 472 g/mol. The number of aliphatic hydroxyl groups excluding tert-OH is 1. The minimum absolute atomic E-state index is 0.0312. The first-order chi connectivity index (χ1) is 16.8. The van der Waals surface area contributed by atoms with Gasteiger partial charge in [0.1, 0.15) is 17.3 Å². The zero-order valence-corrected chi connectivity index (χ0v) is 20.5. The Morgan fingerprint density at radius 2 is 1.66 bits per heavy atom. The number of amides is 1. The molecule has 1 heterocycles. The van der Waals surface area contributed by atoms with E-state index in [-0.39, 0.29) is 17.3 Å². The van der Waals surface area contributed by atoms with Crippen molar-refractivity contribution < 1.29 is 24.2 Å². The molecule has 0 saturated carbocycles. The highest BCUT2D eigenvalue weighted by Crippen LogP contribution is 2.43. The molecule has 0 aliphatic carbocycles. The molecule has 1 unspecified atom stereocenters. The topological polar surface area (TPSA) is 76.1 Å². The molecule has 0 spiro atoms. The van der Waals surface area contributed by atoms with E-state index in [1.165, 1.54) is 4.90 Å². The summed E-state index contributed by atoms with van der Waals surface area (Å²) in [5.41, 5.74) is 3.63. The maximum absolute atomic E-state index is 13.4. The van der Waals surface area contributed by atoms with Crippen LogP contribution in [0.5, 0.6) is 11.5 Å². The quantitative estimate of drug-likeness (QED) is 0.281. The van der Waals surface area contributed by atoms with Crippen LogP contribution in [0.1, 0.15) is 48.1 Å². The van der Waals surface area contributed by atoms with Gasteiger partial charge in [0, 0.05) is 11.3 Å². The Kier molecular flexibility index (Phi) is 6.65. The monoisotopic (exact) mass is 471 g/mol. The molecular weight excluding hydrogens is 442 g/mol. The molecule has 6 nitrogen and oxygen atoms in total. The zero-order valence-electron chi connectivity index (χ0n) is 20.5. The standard InChI is InChI=1S/C29H29NO5/c1-17(2)23-16-20(11-14-24(23)35-5)27(31)25-26(19-7-6-8-22(15-19)34-4)30(29(33)28(25)32)21-12-9-18(3)10-13-21/h6-17,26,31H,1-5H3/b27-25-. The third-order valence-electron chi connectivity index (χ3n) is 6.29. The number of hydrogen-bond acceptors (Lipinski definition) is 5. The molecule has 1 amide bonds. The van der Waals surface area contributed by atoms with E-state index in [1.807, 2.05) is 39.0 Å². The number of benzene rings is 3. The third-order valence-corrected chi connectivity index (χ3v) is 6.29. The number of rotatable bonds is 6. The summed E-state index contributed by atoms with van der Waals surface area (Å²) in [6.07, 6.45) is 0. The number of aliphatic hydroxyl groups is 1. The number of carbonyl (C=O) groups excluding carboxylic acids is 2. The van der Waals surface area contributed by atoms with Gasteiger partial charge in [-0.25, -0.2) is 0 Å². The minimum Gasteiger partial charge on any atom is -0.507 e. The summed E-state index contributed by atoms with van der Waals surface area (Å²) >= 11 is 0. The fraction of sp³-hybridized carbons (Fsp3) is 0.241. The molecule has 0 radical (unpaired) electrons. The SMILES string of the molecule is COc1cccc(C2/C(=C(/O)c3ccc(OC)c(C(C)C)c3)C(=O)C(=O)N2c2ccc(C)cc2)c1. The van der Waals surface area contributed by atoms with Crippen LogP contribution < -0.4 is 14.4 Å². The Bertz CT molecular complexity index is 1310. The highest BCUT2D eigenvalue weighted by molar-refractivity contribution is 6.51. The van der Waals surface area contributed by atoms with Gasteiger partial charge in [-0.15, -0.1) is 0 Å². The van der Waals surface area contributed by atoms with Gasteiger partial charge in [0.25, 0.3) is 11.7 Å². The minimum atomic E-state index is -0.822. The first-order valence-electron chi connectivity index (χ1n) is 11.5. The molecule has 1 N–H and O–H groups in total. The van der Waals surface area contributed by atoms with Crippen molar-refractivity contribution in [2.24, 2.45) is 0 Å². The summed E-state index contributed by atoms with van der Waals surface area (Å²) in [4.78, 5) is 28.2.